The summed E-state index contributed by atoms with van der Waals surface area (Å²) >= 11 is 2.06. The molecule has 0 spiro atoms. The van der Waals surface area contributed by atoms with Crippen LogP contribution in [0.5, 0.6) is 0 Å². The normalized spacial score (nSPS) is 18.8. The van der Waals surface area contributed by atoms with Gasteiger partial charge in [-0.15, -0.1) is 0 Å². The van der Waals surface area contributed by atoms with E-state index in [1.54, 1.807) is 0 Å². The number of fused-ring (bicyclic) bond motifs is 1. The van der Waals surface area contributed by atoms with Crippen LogP contribution < -0.4 is 10.6 Å². The topological polar surface area (TPSA) is 54.2 Å². The number of benzene rings is 1. The maximum absolute atomic E-state index is 4.41. The van der Waals surface area contributed by atoms with Gasteiger partial charge >= 0.3 is 0 Å². The molecule has 1 aromatic carbocycles. The molecule has 2 heterocycles. The summed E-state index contributed by atoms with van der Waals surface area (Å²) in [6.07, 6.45) is 4.56. The monoisotopic (exact) mass is 317 g/mol. The molecule has 1 aliphatic heterocycles. The van der Waals surface area contributed by atoms with Gasteiger partial charge in [-0.1, -0.05) is 12.1 Å². The number of rotatable bonds is 5. The van der Waals surface area contributed by atoms with Gasteiger partial charge in [0, 0.05) is 31.9 Å². The van der Waals surface area contributed by atoms with Crippen molar-refractivity contribution < 1.29 is 0 Å². The summed E-state index contributed by atoms with van der Waals surface area (Å²) in [5.74, 6) is 2.18. The van der Waals surface area contributed by atoms with Crippen molar-refractivity contribution in [1.29, 1.82) is 0 Å². The fourth-order valence-electron chi connectivity index (χ4n) is 2.72. The third-order valence-corrected chi connectivity index (χ3v) is 5.32. The van der Waals surface area contributed by atoms with Gasteiger partial charge in [0.2, 0.25) is 0 Å². The van der Waals surface area contributed by atoms with Crippen LogP contribution in [-0.2, 0) is 6.54 Å². The second kappa shape index (κ2) is 7.54. The Kier molecular flexibility index (Phi) is 5.21. The second-order valence-corrected chi connectivity index (χ2v) is 6.85. The number of imidazole rings is 1. The highest BCUT2D eigenvalue weighted by molar-refractivity contribution is 8.00. The maximum Gasteiger partial charge on any atom is 0.191 e. The van der Waals surface area contributed by atoms with E-state index in [2.05, 4.69) is 43.0 Å². The molecule has 22 heavy (non-hydrogen) atoms. The lowest BCUT2D eigenvalue weighted by Gasteiger charge is -2.15. The van der Waals surface area contributed by atoms with Gasteiger partial charge in [-0.25, -0.2) is 4.98 Å². The molecule has 3 rings (SSSR count). The number of para-hydroxylation sites is 2. The largest absolute Gasteiger partial charge is 0.355 e. The van der Waals surface area contributed by atoms with Crippen molar-refractivity contribution in [1.82, 2.24) is 20.2 Å². The van der Waals surface area contributed by atoms with Crippen LogP contribution in [0.15, 0.2) is 35.6 Å². The molecule has 5 nitrogen and oxygen atoms in total. The van der Waals surface area contributed by atoms with Crippen LogP contribution in [0.25, 0.3) is 11.0 Å². The molecule has 6 heteroatoms. The SMILES string of the molecule is CN=C(NCCn1cnc2ccccc21)NCC1CCCS1. The van der Waals surface area contributed by atoms with Crippen molar-refractivity contribution >= 4 is 28.8 Å². The number of hydrogen-bond donors (Lipinski definition) is 2. The van der Waals surface area contributed by atoms with E-state index in [9.17, 15) is 0 Å². The molecule has 2 N–H and O–H groups in total. The van der Waals surface area contributed by atoms with E-state index < -0.39 is 0 Å². The van der Waals surface area contributed by atoms with Gasteiger partial charge in [0.05, 0.1) is 17.4 Å². The molecule has 1 unspecified atom stereocenters. The molecule has 1 aromatic heterocycles. The Hall–Kier alpha value is -1.69. The summed E-state index contributed by atoms with van der Waals surface area (Å²) in [6, 6.07) is 8.21. The predicted molar refractivity (Wildman–Crippen MR) is 94.6 cm³/mol. The highest BCUT2D eigenvalue weighted by atomic mass is 32.2. The second-order valence-electron chi connectivity index (χ2n) is 5.44. The number of aliphatic imine (C=N–C) groups is 1. The third-order valence-electron chi connectivity index (χ3n) is 3.92. The van der Waals surface area contributed by atoms with Gasteiger partial charge in [-0.05, 0) is 30.7 Å². The Bertz CT molecular complexity index is 630. The maximum atomic E-state index is 4.41. The minimum absolute atomic E-state index is 0.733. The summed E-state index contributed by atoms with van der Waals surface area (Å²) in [4.78, 5) is 8.70. The fourth-order valence-corrected chi connectivity index (χ4v) is 3.92. The Morgan fingerprint density at radius 3 is 3.14 bits per heavy atom. The number of nitrogens with zero attached hydrogens (tertiary/aromatic N) is 3. The minimum atomic E-state index is 0.733. The molecule has 0 amide bonds. The van der Waals surface area contributed by atoms with E-state index in [0.717, 1.165) is 36.4 Å². The average Bonchev–Trinajstić information content (AvgIpc) is 3.20. The summed E-state index contributed by atoms with van der Waals surface area (Å²) in [7, 11) is 1.82. The van der Waals surface area contributed by atoms with E-state index in [1.807, 2.05) is 31.6 Å². The quantitative estimate of drug-likeness (QED) is 0.655. The lowest BCUT2D eigenvalue weighted by molar-refractivity contribution is 0.669. The highest BCUT2D eigenvalue weighted by Gasteiger charge is 2.15. The first-order valence-electron chi connectivity index (χ1n) is 7.83. The zero-order valence-corrected chi connectivity index (χ0v) is 13.8. The summed E-state index contributed by atoms with van der Waals surface area (Å²) in [6.45, 7) is 2.70. The third kappa shape index (κ3) is 3.74. The van der Waals surface area contributed by atoms with Crippen LogP contribution in [0.3, 0.4) is 0 Å². The van der Waals surface area contributed by atoms with Gasteiger partial charge in [0.25, 0.3) is 0 Å². The zero-order chi connectivity index (χ0) is 15.2. The summed E-state index contributed by atoms with van der Waals surface area (Å²) in [5, 5.41) is 7.53. The van der Waals surface area contributed by atoms with Gasteiger partial charge < -0.3 is 15.2 Å². The molecule has 0 aliphatic carbocycles. The summed E-state index contributed by atoms with van der Waals surface area (Å²) < 4.78 is 2.17. The van der Waals surface area contributed by atoms with E-state index in [1.165, 1.54) is 24.1 Å². The summed E-state index contributed by atoms with van der Waals surface area (Å²) in [5.41, 5.74) is 2.22. The zero-order valence-electron chi connectivity index (χ0n) is 13.0. The molecule has 0 bridgehead atoms. The van der Waals surface area contributed by atoms with Crippen molar-refractivity contribution in [2.24, 2.45) is 4.99 Å². The lowest BCUT2D eigenvalue weighted by Crippen LogP contribution is -2.41. The van der Waals surface area contributed by atoms with Crippen molar-refractivity contribution in [2.75, 3.05) is 25.9 Å². The Balaban J connectivity index is 1.46. The molecule has 1 aliphatic rings. The first-order valence-corrected chi connectivity index (χ1v) is 8.87. The molecule has 1 saturated heterocycles. The highest BCUT2D eigenvalue weighted by Crippen LogP contribution is 2.25. The van der Waals surface area contributed by atoms with Crippen LogP contribution in [0, 0.1) is 0 Å². The Labute approximate surface area is 135 Å². The van der Waals surface area contributed by atoms with Gasteiger partial charge in [-0.3, -0.25) is 4.99 Å². The number of hydrogen-bond acceptors (Lipinski definition) is 3. The first kappa shape index (κ1) is 15.2. The Morgan fingerprint density at radius 2 is 2.32 bits per heavy atom. The Morgan fingerprint density at radius 1 is 1.41 bits per heavy atom. The average molecular weight is 317 g/mol. The van der Waals surface area contributed by atoms with Crippen LogP contribution in [0.4, 0.5) is 0 Å². The van der Waals surface area contributed by atoms with E-state index in [0.29, 0.717) is 0 Å². The lowest BCUT2D eigenvalue weighted by atomic mass is 10.2. The van der Waals surface area contributed by atoms with Gasteiger partial charge in [0.1, 0.15) is 0 Å². The van der Waals surface area contributed by atoms with Crippen LogP contribution in [-0.4, -0.2) is 46.7 Å². The predicted octanol–water partition coefficient (Wildman–Crippen LogP) is 2.10. The number of guanidine groups is 1. The first-order chi connectivity index (χ1) is 10.9. The van der Waals surface area contributed by atoms with Gasteiger partial charge in [-0.2, -0.15) is 11.8 Å². The standard InChI is InChI=1S/C16H23N5S/c1-17-16(19-11-13-5-4-10-22-13)18-8-9-21-12-20-14-6-2-3-7-15(14)21/h2-3,6-7,12-13H,4-5,8-11H2,1H3,(H2,17,18,19). The van der Waals surface area contributed by atoms with Crippen LogP contribution in [0.2, 0.25) is 0 Å². The number of thioether (sulfide) groups is 1. The molecule has 1 fully saturated rings. The van der Waals surface area contributed by atoms with Gasteiger partial charge in [0.15, 0.2) is 5.96 Å². The molecule has 2 aromatic rings. The smallest absolute Gasteiger partial charge is 0.191 e. The molecule has 0 saturated carbocycles. The number of nitrogens with one attached hydrogen (secondary N) is 2. The van der Waals surface area contributed by atoms with E-state index in [4.69, 9.17) is 0 Å². The van der Waals surface area contributed by atoms with Crippen molar-refractivity contribution in [2.45, 2.75) is 24.6 Å². The van der Waals surface area contributed by atoms with Crippen molar-refractivity contribution in [3.63, 3.8) is 0 Å². The van der Waals surface area contributed by atoms with Crippen LogP contribution in [0.1, 0.15) is 12.8 Å². The minimum Gasteiger partial charge on any atom is -0.355 e. The molecule has 118 valence electrons. The fraction of sp³-hybridized carbons (Fsp3) is 0.500. The van der Waals surface area contributed by atoms with Crippen molar-refractivity contribution in [3.05, 3.63) is 30.6 Å². The molecular weight excluding hydrogens is 294 g/mol. The molecule has 1 atom stereocenters. The van der Waals surface area contributed by atoms with Crippen molar-refractivity contribution in [3.8, 4) is 0 Å². The van der Waals surface area contributed by atoms with E-state index in [-0.39, 0.29) is 0 Å². The van der Waals surface area contributed by atoms with E-state index >= 15 is 0 Å². The van der Waals surface area contributed by atoms with Crippen LogP contribution >= 0.6 is 11.8 Å². The molecule has 0 radical (unpaired) electrons. The molecular formula is C16H23N5S. The number of aromatic nitrogens is 2.